The second-order valence-electron chi connectivity index (χ2n) is 12.7. The molecule has 4 aliphatic rings. The summed E-state index contributed by atoms with van der Waals surface area (Å²) in [7, 11) is -1.14. The molecule has 2 N–H and O–H groups in total. The van der Waals surface area contributed by atoms with E-state index < -0.39 is 7.12 Å². The van der Waals surface area contributed by atoms with Crippen molar-refractivity contribution >= 4 is 7.12 Å². The maximum atomic E-state index is 9.74. The molecule has 4 rings (SSSR count). The van der Waals surface area contributed by atoms with Crippen LogP contribution in [0, 0.1) is 46.3 Å². The van der Waals surface area contributed by atoms with E-state index >= 15 is 0 Å². The molecule has 170 valence electrons. The average Bonchev–Trinajstić information content (AvgIpc) is 3.04. The number of hydrogen-bond acceptors (Lipinski definition) is 2. The average molecular weight is 414 g/mol. The third-order valence-corrected chi connectivity index (χ3v) is 10.8. The van der Waals surface area contributed by atoms with Crippen molar-refractivity contribution in [2.75, 3.05) is 0 Å². The molecule has 0 spiro atoms. The molecule has 3 saturated carbocycles. The van der Waals surface area contributed by atoms with Crippen LogP contribution in [0.25, 0.3) is 0 Å². The molecule has 0 saturated heterocycles. The van der Waals surface area contributed by atoms with Crippen LogP contribution < -0.4 is 0 Å². The summed E-state index contributed by atoms with van der Waals surface area (Å²) in [5.41, 5.74) is 2.43. The lowest BCUT2D eigenvalue weighted by molar-refractivity contribution is -0.0503. The molecule has 2 nitrogen and oxygen atoms in total. The zero-order chi connectivity index (χ0) is 21.7. The fourth-order valence-corrected chi connectivity index (χ4v) is 8.97. The highest BCUT2D eigenvalue weighted by atomic mass is 16.4. The summed E-state index contributed by atoms with van der Waals surface area (Å²) in [6.45, 7) is 12.5. The summed E-state index contributed by atoms with van der Waals surface area (Å²) in [4.78, 5) is 0. The molecule has 0 radical (unpaired) electrons. The molecule has 4 aliphatic carbocycles. The highest BCUT2D eigenvalue weighted by Crippen LogP contribution is 2.67. The van der Waals surface area contributed by atoms with Crippen LogP contribution in [0.2, 0.25) is 5.82 Å². The number of hydrogen-bond donors (Lipinski definition) is 2. The summed E-state index contributed by atoms with van der Waals surface area (Å²) in [6, 6.07) is 0. The van der Waals surface area contributed by atoms with Gasteiger partial charge in [0.25, 0.3) is 0 Å². The van der Waals surface area contributed by atoms with Gasteiger partial charge >= 0.3 is 7.12 Å². The van der Waals surface area contributed by atoms with E-state index in [1.54, 1.807) is 5.57 Å². The predicted molar refractivity (Wildman–Crippen MR) is 127 cm³/mol. The van der Waals surface area contributed by atoms with Gasteiger partial charge in [0.1, 0.15) is 0 Å². The van der Waals surface area contributed by atoms with Gasteiger partial charge in [-0.15, -0.1) is 0 Å². The molecule has 3 fully saturated rings. The highest BCUT2D eigenvalue weighted by Gasteiger charge is 2.59. The van der Waals surface area contributed by atoms with Gasteiger partial charge in [-0.1, -0.05) is 72.0 Å². The number of rotatable bonds is 6. The monoisotopic (exact) mass is 414 g/mol. The molecule has 0 aromatic carbocycles. The Balaban J connectivity index is 1.48. The van der Waals surface area contributed by atoms with E-state index in [4.69, 9.17) is 0 Å². The van der Waals surface area contributed by atoms with E-state index in [0.29, 0.717) is 10.8 Å². The molecule has 0 heterocycles. The minimum Gasteiger partial charge on any atom is -0.427 e. The lowest BCUT2D eigenvalue weighted by atomic mass is 9.45. The standard InChI is InChI=1S/C27H47BO2/c1-18(2)7-6-8-19(3)23-11-12-24-22-10-9-20-17-21(28(29)30)13-15-26(20,4)25(22)14-16-27(23,24)5/h9,18-19,21-25,29-30H,6-8,10-17H2,1-5H3/t19-,21-,22+,23-,24+,25+,26-,27+/m0/s1. The fourth-order valence-electron chi connectivity index (χ4n) is 8.97. The normalized spacial score (nSPS) is 44.1. The summed E-state index contributed by atoms with van der Waals surface area (Å²) < 4.78 is 0. The van der Waals surface area contributed by atoms with Gasteiger partial charge in [0.05, 0.1) is 0 Å². The molecular weight excluding hydrogens is 367 g/mol. The summed E-state index contributed by atoms with van der Waals surface area (Å²) >= 11 is 0. The van der Waals surface area contributed by atoms with Crippen LogP contribution in [0.4, 0.5) is 0 Å². The lowest BCUT2D eigenvalue weighted by Crippen LogP contribution is -2.50. The van der Waals surface area contributed by atoms with Crippen LogP contribution in [0.3, 0.4) is 0 Å². The van der Waals surface area contributed by atoms with Crippen LogP contribution in [-0.4, -0.2) is 17.2 Å². The molecule has 3 heteroatoms. The zero-order valence-electron chi connectivity index (χ0n) is 20.4. The van der Waals surface area contributed by atoms with Crippen molar-refractivity contribution in [2.45, 2.75) is 111 Å². The molecular formula is C27H47BO2. The Hall–Kier alpha value is -0.275. The summed E-state index contributed by atoms with van der Waals surface area (Å²) in [6.07, 6.45) is 16.8. The second kappa shape index (κ2) is 8.58. The Morgan fingerprint density at radius 3 is 2.47 bits per heavy atom. The topological polar surface area (TPSA) is 40.5 Å². The van der Waals surface area contributed by atoms with Gasteiger partial charge in [0.15, 0.2) is 0 Å². The largest absolute Gasteiger partial charge is 0.455 e. The second-order valence-corrected chi connectivity index (χ2v) is 12.7. The molecule has 30 heavy (non-hydrogen) atoms. The van der Waals surface area contributed by atoms with Crippen molar-refractivity contribution in [3.8, 4) is 0 Å². The minimum absolute atomic E-state index is 0.0530. The third kappa shape index (κ3) is 3.85. The van der Waals surface area contributed by atoms with Crippen LogP contribution in [0.5, 0.6) is 0 Å². The van der Waals surface area contributed by atoms with Gasteiger partial charge < -0.3 is 10.0 Å². The molecule has 0 aromatic heterocycles. The van der Waals surface area contributed by atoms with Gasteiger partial charge in [-0.2, -0.15) is 0 Å². The van der Waals surface area contributed by atoms with E-state index in [1.165, 1.54) is 51.4 Å². The zero-order valence-corrected chi connectivity index (χ0v) is 20.4. The number of fused-ring (bicyclic) bond motifs is 5. The Bertz CT molecular complexity index is 643. The quantitative estimate of drug-likeness (QED) is 0.368. The molecule has 0 unspecified atom stereocenters. The summed E-state index contributed by atoms with van der Waals surface area (Å²) in [5.74, 6) is 5.28. The van der Waals surface area contributed by atoms with E-state index in [1.807, 2.05) is 0 Å². The Kier molecular flexibility index (Phi) is 6.55. The van der Waals surface area contributed by atoms with Crippen LogP contribution in [0.15, 0.2) is 11.6 Å². The Labute approximate surface area is 186 Å². The van der Waals surface area contributed by atoms with Crippen LogP contribution in [-0.2, 0) is 0 Å². The first-order chi connectivity index (χ1) is 14.2. The molecule has 0 amide bonds. The lowest BCUT2D eigenvalue weighted by Gasteiger charge is -2.58. The van der Waals surface area contributed by atoms with Crippen molar-refractivity contribution < 1.29 is 10.0 Å². The van der Waals surface area contributed by atoms with E-state index in [0.717, 1.165) is 54.8 Å². The Morgan fingerprint density at radius 2 is 1.77 bits per heavy atom. The molecule has 0 bridgehead atoms. The molecule has 8 atom stereocenters. The first-order valence-electron chi connectivity index (χ1n) is 13.2. The first kappa shape index (κ1) is 22.9. The number of allylic oxidation sites excluding steroid dienone is 2. The van der Waals surface area contributed by atoms with Crippen LogP contribution in [0.1, 0.15) is 105 Å². The van der Waals surface area contributed by atoms with Crippen molar-refractivity contribution in [1.82, 2.24) is 0 Å². The third-order valence-electron chi connectivity index (χ3n) is 10.8. The smallest absolute Gasteiger partial charge is 0.427 e. The van der Waals surface area contributed by atoms with Gasteiger partial charge in [-0.3, -0.25) is 0 Å². The van der Waals surface area contributed by atoms with Gasteiger partial charge in [-0.05, 0) is 97.1 Å². The maximum absolute atomic E-state index is 9.74. The van der Waals surface area contributed by atoms with E-state index in [2.05, 4.69) is 40.7 Å². The maximum Gasteiger partial charge on any atom is 0.455 e. The summed E-state index contributed by atoms with van der Waals surface area (Å²) in [5, 5.41) is 19.5. The van der Waals surface area contributed by atoms with Crippen molar-refractivity contribution in [2.24, 2.45) is 46.3 Å². The minimum atomic E-state index is -1.14. The van der Waals surface area contributed by atoms with Gasteiger partial charge in [-0.25, -0.2) is 0 Å². The van der Waals surface area contributed by atoms with Gasteiger partial charge in [0.2, 0.25) is 0 Å². The molecule has 0 aliphatic heterocycles. The van der Waals surface area contributed by atoms with Gasteiger partial charge in [0, 0.05) is 0 Å². The first-order valence-corrected chi connectivity index (χ1v) is 13.2. The fraction of sp³-hybridized carbons (Fsp3) is 0.926. The predicted octanol–water partition coefficient (Wildman–Crippen LogP) is 6.87. The molecule has 0 aromatic rings. The van der Waals surface area contributed by atoms with E-state index in [-0.39, 0.29) is 5.82 Å². The van der Waals surface area contributed by atoms with Crippen molar-refractivity contribution in [3.05, 3.63) is 11.6 Å². The SMILES string of the molecule is CC(C)CCC[C@H](C)[C@@H]1CC[C@@H]2[C@H]3CC=C4C[C@@H](B(O)O)CC[C@]4(C)[C@@H]3CC[C@@]21C. The van der Waals surface area contributed by atoms with E-state index in [9.17, 15) is 10.0 Å². The van der Waals surface area contributed by atoms with Crippen molar-refractivity contribution in [3.63, 3.8) is 0 Å². The highest BCUT2D eigenvalue weighted by molar-refractivity contribution is 6.43. The van der Waals surface area contributed by atoms with Crippen molar-refractivity contribution in [1.29, 1.82) is 0 Å². The Morgan fingerprint density at radius 1 is 1.00 bits per heavy atom. The van der Waals surface area contributed by atoms with Crippen LogP contribution >= 0.6 is 0 Å².